The van der Waals surface area contributed by atoms with E-state index in [9.17, 15) is 8.42 Å². The van der Waals surface area contributed by atoms with Crippen molar-refractivity contribution in [2.24, 2.45) is 0 Å². The first-order valence-electron chi connectivity index (χ1n) is 3.49. The van der Waals surface area contributed by atoms with E-state index in [2.05, 4.69) is 0 Å². The van der Waals surface area contributed by atoms with E-state index in [1.54, 1.807) is 23.5 Å². The maximum atomic E-state index is 11.0. The fourth-order valence-electron chi connectivity index (χ4n) is 1.10. The topological polar surface area (TPSA) is 34.1 Å². The molecule has 0 amide bonds. The van der Waals surface area contributed by atoms with Crippen molar-refractivity contribution in [2.75, 3.05) is 0 Å². The zero-order chi connectivity index (χ0) is 9.47. The van der Waals surface area contributed by atoms with E-state index >= 15 is 0 Å². The predicted molar refractivity (Wildman–Crippen MR) is 54.9 cm³/mol. The van der Waals surface area contributed by atoms with Gasteiger partial charge in [0.25, 0.3) is 9.05 Å². The summed E-state index contributed by atoms with van der Waals surface area (Å²) in [5.74, 6) is 0. The monoisotopic (exact) mass is 232 g/mol. The molecule has 5 heteroatoms. The molecule has 0 saturated heterocycles. The summed E-state index contributed by atoms with van der Waals surface area (Å²) in [6.45, 7) is 0. The molecule has 0 unspecified atom stereocenters. The average molecular weight is 233 g/mol. The standard InChI is InChI=1S/C8H5ClO2S2/c9-13(10,11)7-1-2-8-6(5-7)3-4-12-8/h1-5H. The first-order valence-corrected chi connectivity index (χ1v) is 6.68. The van der Waals surface area contributed by atoms with E-state index in [0.717, 1.165) is 10.1 Å². The van der Waals surface area contributed by atoms with E-state index in [1.807, 2.05) is 11.4 Å². The highest BCUT2D eigenvalue weighted by Gasteiger charge is 2.09. The van der Waals surface area contributed by atoms with Gasteiger partial charge in [0.1, 0.15) is 0 Å². The van der Waals surface area contributed by atoms with Crippen molar-refractivity contribution in [2.45, 2.75) is 4.90 Å². The Bertz CT molecular complexity index is 542. The molecule has 0 N–H and O–H groups in total. The van der Waals surface area contributed by atoms with Gasteiger partial charge in [-0.1, -0.05) is 0 Å². The third-order valence-electron chi connectivity index (χ3n) is 1.71. The van der Waals surface area contributed by atoms with Crippen molar-refractivity contribution in [3.05, 3.63) is 29.6 Å². The molecule has 1 heterocycles. The van der Waals surface area contributed by atoms with Crippen LogP contribution in [-0.2, 0) is 9.05 Å². The van der Waals surface area contributed by atoms with Crippen molar-refractivity contribution in [3.63, 3.8) is 0 Å². The second kappa shape index (κ2) is 2.97. The van der Waals surface area contributed by atoms with Crippen LogP contribution in [0.3, 0.4) is 0 Å². The zero-order valence-corrected chi connectivity index (χ0v) is 8.79. The van der Waals surface area contributed by atoms with Crippen molar-refractivity contribution < 1.29 is 8.42 Å². The highest BCUT2D eigenvalue weighted by Crippen LogP contribution is 2.25. The van der Waals surface area contributed by atoms with Crippen LogP contribution in [0.4, 0.5) is 0 Å². The van der Waals surface area contributed by atoms with E-state index in [4.69, 9.17) is 10.7 Å². The lowest BCUT2D eigenvalue weighted by Gasteiger charge is -1.94. The molecule has 1 aromatic heterocycles. The summed E-state index contributed by atoms with van der Waals surface area (Å²) in [6, 6.07) is 6.72. The SMILES string of the molecule is O=S(=O)(Cl)c1ccc2sccc2c1. The number of thiophene rings is 1. The number of fused-ring (bicyclic) bond motifs is 1. The van der Waals surface area contributed by atoms with Gasteiger partial charge in [0.2, 0.25) is 0 Å². The Kier molecular flexibility index (Phi) is 2.06. The molecular formula is C8H5ClO2S2. The molecular weight excluding hydrogens is 228 g/mol. The molecule has 2 rings (SSSR count). The number of benzene rings is 1. The summed E-state index contributed by atoms with van der Waals surface area (Å²) in [4.78, 5) is 0.153. The average Bonchev–Trinajstić information content (AvgIpc) is 2.47. The van der Waals surface area contributed by atoms with Gasteiger partial charge in [-0.25, -0.2) is 8.42 Å². The Labute approximate surface area is 84.2 Å². The van der Waals surface area contributed by atoms with Gasteiger partial charge in [0.15, 0.2) is 0 Å². The summed E-state index contributed by atoms with van der Waals surface area (Å²) >= 11 is 1.57. The van der Waals surface area contributed by atoms with Crippen molar-refractivity contribution in [1.29, 1.82) is 0 Å². The van der Waals surface area contributed by atoms with Crippen LogP contribution in [0.15, 0.2) is 34.5 Å². The summed E-state index contributed by atoms with van der Waals surface area (Å²) in [7, 11) is 1.61. The molecule has 2 nitrogen and oxygen atoms in total. The lowest BCUT2D eigenvalue weighted by atomic mass is 10.3. The zero-order valence-electron chi connectivity index (χ0n) is 6.40. The Morgan fingerprint density at radius 1 is 1.23 bits per heavy atom. The molecule has 0 aliphatic heterocycles. The molecule has 13 heavy (non-hydrogen) atoms. The number of hydrogen-bond acceptors (Lipinski definition) is 3. The van der Waals surface area contributed by atoms with Crippen molar-refractivity contribution >= 4 is 41.2 Å². The van der Waals surface area contributed by atoms with E-state index < -0.39 is 9.05 Å². The minimum Gasteiger partial charge on any atom is -0.207 e. The molecule has 0 fully saturated rings. The van der Waals surface area contributed by atoms with Crippen molar-refractivity contribution in [1.82, 2.24) is 0 Å². The van der Waals surface area contributed by atoms with Gasteiger partial charge in [-0.2, -0.15) is 0 Å². The summed E-state index contributed by atoms with van der Waals surface area (Å²) in [6.07, 6.45) is 0. The Morgan fingerprint density at radius 3 is 2.69 bits per heavy atom. The molecule has 1 aromatic carbocycles. The highest BCUT2D eigenvalue weighted by molar-refractivity contribution is 8.13. The van der Waals surface area contributed by atoms with Gasteiger partial charge in [0, 0.05) is 15.4 Å². The molecule has 0 aliphatic carbocycles. The molecule has 0 spiro atoms. The molecule has 0 aliphatic rings. The molecule has 2 aromatic rings. The number of hydrogen-bond donors (Lipinski definition) is 0. The van der Waals surface area contributed by atoms with Gasteiger partial charge in [-0.05, 0) is 35.0 Å². The summed E-state index contributed by atoms with van der Waals surface area (Å²) in [5, 5.41) is 2.82. The van der Waals surface area contributed by atoms with Gasteiger partial charge in [-0.15, -0.1) is 11.3 Å². The van der Waals surface area contributed by atoms with Gasteiger partial charge in [-0.3, -0.25) is 0 Å². The minimum absolute atomic E-state index is 0.153. The highest BCUT2D eigenvalue weighted by atomic mass is 35.7. The fraction of sp³-hybridized carbons (Fsp3) is 0. The number of rotatable bonds is 1. The maximum Gasteiger partial charge on any atom is 0.261 e. The van der Waals surface area contributed by atoms with E-state index in [-0.39, 0.29) is 4.90 Å². The lowest BCUT2D eigenvalue weighted by molar-refractivity contribution is 0.609. The number of halogens is 1. The van der Waals surface area contributed by atoms with Crippen LogP contribution in [0.2, 0.25) is 0 Å². The molecule has 0 bridgehead atoms. The van der Waals surface area contributed by atoms with Gasteiger partial charge in [0.05, 0.1) is 4.90 Å². The summed E-state index contributed by atoms with van der Waals surface area (Å²) < 4.78 is 23.0. The Balaban J connectivity index is 2.75. The van der Waals surface area contributed by atoms with Crippen LogP contribution in [0.25, 0.3) is 10.1 Å². The summed E-state index contributed by atoms with van der Waals surface area (Å²) in [5.41, 5.74) is 0. The molecule has 0 atom stereocenters. The Morgan fingerprint density at radius 2 is 2.00 bits per heavy atom. The predicted octanol–water partition coefficient (Wildman–Crippen LogP) is 2.83. The van der Waals surface area contributed by atoms with Crippen LogP contribution in [0, 0.1) is 0 Å². The molecule has 0 radical (unpaired) electrons. The first-order chi connectivity index (χ1) is 6.07. The van der Waals surface area contributed by atoms with Crippen LogP contribution < -0.4 is 0 Å². The second-order valence-electron chi connectivity index (χ2n) is 2.56. The third kappa shape index (κ3) is 1.70. The van der Waals surface area contributed by atoms with Crippen molar-refractivity contribution in [3.8, 4) is 0 Å². The van der Waals surface area contributed by atoms with Crippen LogP contribution in [-0.4, -0.2) is 8.42 Å². The third-order valence-corrected chi connectivity index (χ3v) is 3.95. The smallest absolute Gasteiger partial charge is 0.207 e. The van der Waals surface area contributed by atoms with Crippen LogP contribution in [0.5, 0.6) is 0 Å². The minimum atomic E-state index is -3.60. The maximum absolute atomic E-state index is 11.0. The van der Waals surface area contributed by atoms with Gasteiger partial charge < -0.3 is 0 Å². The van der Waals surface area contributed by atoms with E-state index in [1.165, 1.54) is 6.07 Å². The molecule has 0 saturated carbocycles. The van der Waals surface area contributed by atoms with Crippen LogP contribution >= 0.6 is 22.0 Å². The first kappa shape index (κ1) is 8.99. The van der Waals surface area contributed by atoms with Gasteiger partial charge >= 0.3 is 0 Å². The van der Waals surface area contributed by atoms with Crippen LogP contribution in [0.1, 0.15) is 0 Å². The molecule has 68 valence electrons. The quantitative estimate of drug-likeness (QED) is 0.709. The Hall–Kier alpha value is -0.580. The second-order valence-corrected chi connectivity index (χ2v) is 6.07. The fourth-order valence-corrected chi connectivity index (χ4v) is 2.65. The lowest BCUT2D eigenvalue weighted by Crippen LogP contribution is -1.88. The van der Waals surface area contributed by atoms with E-state index in [0.29, 0.717) is 0 Å². The largest absolute Gasteiger partial charge is 0.261 e. The normalized spacial score (nSPS) is 12.1.